The molecular weight excluding hydrogens is 790 g/mol. The molecule has 1 aromatic rings. The number of carbonyl (C=O) groups is 1. The minimum Gasteiger partial charge on any atom is -0.418 e. The number of hydrogen-bond donors (Lipinski definition) is 1. The van der Waals surface area contributed by atoms with Crippen LogP contribution < -0.4 is 5.32 Å². The number of nitrogens with one attached hydrogen (secondary N) is 1. The maximum atomic E-state index is 13.7. The van der Waals surface area contributed by atoms with E-state index in [1.807, 2.05) is 0 Å². The molecule has 0 saturated heterocycles. The molecule has 2 aliphatic rings. The first kappa shape index (κ1) is 40.8. The van der Waals surface area contributed by atoms with Gasteiger partial charge in [0.05, 0.1) is 0 Å². The molecule has 46 heavy (non-hydrogen) atoms. The van der Waals surface area contributed by atoms with Gasteiger partial charge in [-0.15, -0.1) is 0 Å². The maximum absolute atomic E-state index is 13.7. The van der Waals surface area contributed by atoms with Crippen molar-refractivity contribution in [2.24, 2.45) is 0 Å². The number of allylic oxidation sites excluding steroid dienone is 6. The maximum Gasteiger partial charge on any atom is 0.673 e. The summed E-state index contributed by atoms with van der Waals surface area (Å²) in [6, 6.07) is 4.66. The quantitative estimate of drug-likeness (QED) is 0.169. The van der Waals surface area contributed by atoms with E-state index in [0.717, 1.165) is 50.3 Å². The Bertz CT molecular complexity index is 1370. The van der Waals surface area contributed by atoms with E-state index < -0.39 is 7.25 Å². The molecule has 1 aliphatic heterocycles. The van der Waals surface area contributed by atoms with E-state index in [-0.39, 0.29) is 55.2 Å². The van der Waals surface area contributed by atoms with Crippen molar-refractivity contribution in [2.75, 3.05) is 6.54 Å². The van der Waals surface area contributed by atoms with E-state index in [4.69, 9.17) is 4.74 Å². The molecule has 0 unspecified atom stereocenters. The Kier molecular flexibility index (Phi) is 13.7. The Labute approximate surface area is 293 Å². The predicted molar refractivity (Wildman–Crippen MR) is 190 cm³/mol. The first-order valence-corrected chi connectivity index (χ1v) is 20.6. The van der Waals surface area contributed by atoms with Gasteiger partial charge in [0, 0.05) is 0 Å². The van der Waals surface area contributed by atoms with Gasteiger partial charge in [-0.3, -0.25) is 0 Å². The monoisotopic (exact) mass is 843 g/mol. The van der Waals surface area contributed by atoms with E-state index in [0.29, 0.717) is 14.5 Å². The first-order valence-electron chi connectivity index (χ1n) is 15.5. The Morgan fingerprint density at radius 2 is 1.24 bits per heavy atom. The first-order chi connectivity index (χ1) is 20.7. The summed E-state index contributed by atoms with van der Waals surface area (Å²) >= 11 is 0.704. The van der Waals surface area contributed by atoms with Gasteiger partial charge in [0.25, 0.3) is 0 Å². The molecule has 0 spiro atoms. The van der Waals surface area contributed by atoms with Crippen LogP contribution in [0.2, 0.25) is 8.63 Å². The fraction of sp³-hybridized carbons (Fsp3) is 0.543. The van der Waals surface area contributed by atoms with Crippen molar-refractivity contribution in [3.05, 3.63) is 76.5 Å². The number of ketones is 1. The number of ether oxygens (including phenoxy) is 1. The van der Waals surface area contributed by atoms with Gasteiger partial charge in [-0.1, -0.05) is 0 Å². The summed E-state index contributed by atoms with van der Waals surface area (Å²) < 4.78 is 50.8. The fourth-order valence-corrected chi connectivity index (χ4v) is 10.9. The van der Waals surface area contributed by atoms with Gasteiger partial charge in [-0.05, 0) is 0 Å². The normalized spacial score (nSPS) is 17.1. The molecule has 0 radical (unpaired) electrons. The van der Waals surface area contributed by atoms with E-state index in [1.54, 1.807) is 0 Å². The van der Waals surface area contributed by atoms with Crippen LogP contribution in [0, 0.1) is 0 Å². The molecule has 0 aromatic carbocycles. The molecule has 0 amide bonds. The molecule has 1 N–H and O–H groups in total. The van der Waals surface area contributed by atoms with E-state index in [2.05, 4.69) is 132 Å². The average Bonchev–Trinajstić information content (AvgIpc) is 2.82. The standard InChI is InChI=1S/C35H49NO2Se3.BF4/c1-14-15-36-30-24(16-22-18-26(32(2,3)4)39-27(19-22)33(5,6)7)31(37)25(30)17-23-20-28(40-34(8,9)10)38-29(21-23)41-35(11,12)13;2-1(3,4)5/h16-21H,14-15H2,1-13H3;/q;-1/p+1/b24-16-;. The molecule has 0 bridgehead atoms. The molecule has 256 valence electrons. The van der Waals surface area contributed by atoms with Crippen molar-refractivity contribution in [3.8, 4) is 0 Å². The van der Waals surface area contributed by atoms with Gasteiger partial charge in [-0.25, -0.2) is 0 Å². The molecule has 1 aromatic heterocycles. The van der Waals surface area contributed by atoms with E-state index in [9.17, 15) is 22.1 Å². The minimum absolute atomic E-state index is 0.104. The zero-order valence-electron chi connectivity index (χ0n) is 29.5. The van der Waals surface area contributed by atoms with Gasteiger partial charge in [0.1, 0.15) is 0 Å². The van der Waals surface area contributed by atoms with Gasteiger partial charge < -0.3 is 17.3 Å². The molecular formula is C35H50BF4NO2Se3. The largest absolute Gasteiger partial charge is 0.673 e. The topological polar surface area (TPSA) is 38.3 Å². The summed E-state index contributed by atoms with van der Waals surface area (Å²) in [5.74, 6) is 0.121. The second-order valence-corrected chi connectivity index (χ2v) is 25.3. The summed E-state index contributed by atoms with van der Waals surface area (Å²) in [5, 5.41) is 3.59. The third kappa shape index (κ3) is 14.0. The Morgan fingerprint density at radius 1 is 0.804 bits per heavy atom. The van der Waals surface area contributed by atoms with Crippen LogP contribution >= 0.6 is 0 Å². The Hall–Kier alpha value is -1.34. The molecule has 0 saturated carbocycles. The summed E-state index contributed by atoms with van der Waals surface area (Å²) in [6.45, 7) is 30.3. The van der Waals surface area contributed by atoms with Gasteiger partial charge in [0.2, 0.25) is 0 Å². The summed E-state index contributed by atoms with van der Waals surface area (Å²) in [6.07, 6.45) is 9.51. The zero-order chi connectivity index (χ0) is 35.5. The van der Waals surface area contributed by atoms with Crippen LogP contribution in [-0.4, -0.2) is 64.0 Å². The number of carbonyl (C=O) groups excluding carboxylic acids is 1. The summed E-state index contributed by atoms with van der Waals surface area (Å²) in [5.41, 5.74) is 4.95. The van der Waals surface area contributed by atoms with Crippen LogP contribution in [0.25, 0.3) is 6.08 Å². The fourth-order valence-electron chi connectivity index (χ4n) is 4.11. The third-order valence-electron chi connectivity index (χ3n) is 6.08. The van der Waals surface area contributed by atoms with Crippen LogP contribution in [0.4, 0.5) is 17.3 Å². The van der Waals surface area contributed by atoms with Crippen molar-refractivity contribution in [1.82, 2.24) is 5.32 Å². The van der Waals surface area contributed by atoms with Crippen LogP contribution in [0.3, 0.4) is 0 Å². The smallest absolute Gasteiger partial charge is 0.418 e. The third-order valence-corrected chi connectivity index (χ3v) is 14.3. The molecule has 1 aliphatic carbocycles. The van der Waals surface area contributed by atoms with Crippen molar-refractivity contribution < 1.29 is 26.8 Å². The van der Waals surface area contributed by atoms with Crippen LogP contribution in [0.1, 0.15) is 111 Å². The minimum atomic E-state index is -6.00. The van der Waals surface area contributed by atoms with Crippen molar-refractivity contribution in [3.63, 3.8) is 0 Å². The van der Waals surface area contributed by atoms with Crippen LogP contribution in [-0.2, 0) is 20.4 Å². The molecule has 3 rings (SSSR count). The van der Waals surface area contributed by atoms with Gasteiger partial charge in [-0.2, -0.15) is 0 Å². The van der Waals surface area contributed by atoms with Crippen molar-refractivity contribution in [1.29, 1.82) is 0 Å². The molecule has 2 heterocycles. The summed E-state index contributed by atoms with van der Waals surface area (Å²) in [7, 11) is -6.00. The predicted octanol–water partition coefficient (Wildman–Crippen LogP) is 9.62. The van der Waals surface area contributed by atoms with Gasteiger partial charge in [0.15, 0.2) is 0 Å². The summed E-state index contributed by atoms with van der Waals surface area (Å²) in [4.78, 5) is 13.7. The van der Waals surface area contributed by atoms with Gasteiger partial charge >= 0.3 is 277 Å². The number of hydrogen-bond acceptors (Lipinski definition) is 3. The second-order valence-electron chi connectivity index (χ2n) is 15.3. The molecule has 11 heteroatoms. The molecule has 0 atom stereocenters. The van der Waals surface area contributed by atoms with E-state index in [1.165, 1.54) is 8.87 Å². The molecule has 3 nitrogen and oxygen atoms in total. The zero-order valence-corrected chi connectivity index (χ0v) is 34.6. The average molecular weight is 840 g/mol. The van der Waals surface area contributed by atoms with E-state index >= 15 is 0 Å². The van der Waals surface area contributed by atoms with Crippen molar-refractivity contribution in [2.45, 2.75) is 116 Å². The van der Waals surface area contributed by atoms with Crippen LogP contribution in [0.15, 0.2) is 62.1 Å². The Morgan fingerprint density at radius 3 is 1.61 bits per heavy atom. The number of Topliss-reactive ketones (excluding diaryl/α,β-unsaturated/α-hetero) is 1. The number of rotatable bonds is 7. The SMILES string of the molecule is CCCNC1=C(C=C2C=C([Se]C(C)(C)C)OC([Se]C(C)(C)C)=C2)C(=O)/C1=C\c1cc(C(C)(C)C)[se+]c(C(C)(C)C)c1.F[B-](F)(F)F. The second kappa shape index (κ2) is 15.5. The van der Waals surface area contributed by atoms with Crippen molar-refractivity contribution >= 4 is 63.5 Å². The van der Waals surface area contributed by atoms with Crippen LogP contribution in [0.5, 0.6) is 0 Å². The number of halogens is 4. The molecule has 0 fully saturated rings. The Balaban J connectivity index is 0.00000136.